The third-order valence-corrected chi connectivity index (χ3v) is 7.66. The molecule has 4 rings (SSSR count). The van der Waals surface area contributed by atoms with Gasteiger partial charge in [-0.1, -0.05) is 30.3 Å². The van der Waals surface area contributed by atoms with Crippen LogP contribution >= 0.6 is 23.6 Å². The Hall–Kier alpha value is -3.01. The molecule has 3 aromatic rings. The molecule has 2 N–H and O–H groups in total. The van der Waals surface area contributed by atoms with E-state index in [1.165, 1.54) is 0 Å². The summed E-state index contributed by atoms with van der Waals surface area (Å²) in [5.41, 5.74) is 3.08. The number of nitrogens with one attached hydrogen (secondary N) is 2. The van der Waals surface area contributed by atoms with Crippen molar-refractivity contribution >= 4 is 40.3 Å². The molecule has 7 nitrogen and oxygen atoms in total. The number of thiazole rings is 1. The van der Waals surface area contributed by atoms with Crippen LogP contribution in [0.3, 0.4) is 0 Å². The van der Waals surface area contributed by atoms with Crippen molar-refractivity contribution in [1.29, 1.82) is 0 Å². The predicted octanol–water partition coefficient (Wildman–Crippen LogP) is 5.16. The van der Waals surface area contributed by atoms with Crippen LogP contribution in [-0.2, 0) is 4.74 Å². The smallest absolute Gasteiger partial charge is 0.275 e. The molecule has 2 aromatic carbocycles. The zero-order valence-corrected chi connectivity index (χ0v) is 22.3. The number of piperidine rings is 1. The number of anilines is 1. The quantitative estimate of drug-likeness (QED) is 0.296. The molecule has 0 bridgehead atoms. The van der Waals surface area contributed by atoms with Crippen molar-refractivity contribution in [2.75, 3.05) is 45.8 Å². The number of hydrogen-bond acceptors (Lipinski definition) is 6. The van der Waals surface area contributed by atoms with Crippen LogP contribution in [0.1, 0.15) is 40.7 Å². The van der Waals surface area contributed by atoms with E-state index in [0.717, 1.165) is 66.8 Å². The van der Waals surface area contributed by atoms with E-state index in [4.69, 9.17) is 26.7 Å². The maximum Gasteiger partial charge on any atom is 0.275 e. The molecule has 0 aliphatic carbocycles. The standard InChI is InChI=1S/C27H32N4O3S2/c1-33-16-6-13-28-27(35)31-14-11-20(12-15-31)26-30-24(18-36-26)25(32)29-23-17-21(34-2)9-10-22(23)19-7-4-3-5-8-19/h3-5,7-10,17-18,20H,6,11-16H2,1-2H3,(H,28,35)(H,29,32). The maximum atomic E-state index is 13.1. The van der Waals surface area contributed by atoms with Crippen LogP contribution < -0.4 is 15.4 Å². The average molecular weight is 525 g/mol. The molecule has 0 saturated carbocycles. The van der Waals surface area contributed by atoms with E-state index in [2.05, 4.69) is 15.5 Å². The van der Waals surface area contributed by atoms with Crippen molar-refractivity contribution in [3.8, 4) is 16.9 Å². The molecule has 0 spiro atoms. The van der Waals surface area contributed by atoms with Crippen LogP contribution in [0.5, 0.6) is 5.75 Å². The topological polar surface area (TPSA) is 75.7 Å². The Balaban J connectivity index is 1.37. The summed E-state index contributed by atoms with van der Waals surface area (Å²) in [5, 5.41) is 10.0. The zero-order chi connectivity index (χ0) is 25.3. The number of rotatable bonds is 9. The Bertz CT molecular complexity index is 1160. The lowest BCUT2D eigenvalue weighted by molar-refractivity contribution is 0.102. The van der Waals surface area contributed by atoms with E-state index in [-0.39, 0.29) is 5.91 Å². The molecule has 0 unspecified atom stereocenters. The van der Waals surface area contributed by atoms with E-state index in [0.29, 0.717) is 23.0 Å². The largest absolute Gasteiger partial charge is 0.497 e. The van der Waals surface area contributed by atoms with Crippen LogP contribution in [0.15, 0.2) is 53.9 Å². The number of amides is 1. The average Bonchev–Trinajstić information content (AvgIpc) is 3.42. The second-order valence-corrected chi connectivity index (χ2v) is 9.92. The highest BCUT2D eigenvalue weighted by atomic mass is 32.1. The number of aromatic nitrogens is 1. The van der Waals surface area contributed by atoms with Crippen molar-refractivity contribution in [2.45, 2.75) is 25.2 Å². The van der Waals surface area contributed by atoms with Gasteiger partial charge in [0.25, 0.3) is 5.91 Å². The van der Waals surface area contributed by atoms with E-state index in [1.807, 2.05) is 53.9 Å². The number of benzene rings is 2. The summed E-state index contributed by atoms with van der Waals surface area (Å²) < 4.78 is 10.5. The van der Waals surface area contributed by atoms with Gasteiger partial charge in [0.05, 0.1) is 17.8 Å². The normalized spacial score (nSPS) is 13.9. The third-order valence-electron chi connectivity index (χ3n) is 6.25. The van der Waals surface area contributed by atoms with Crippen molar-refractivity contribution in [3.05, 3.63) is 64.6 Å². The van der Waals surface area contributed by atoms with Gasteiger partial charge in [-0.15, -0.1) is 11.3 Å². The van der Waals surface area contributed by atoms with E-state index in [1.54, 1.807) is 25.6 Å². The molecule has 2 heterocycles. The monoisotopic (exact) mass is 524 g/mol. The van der Waals surface area contributed by atoms with Crippen molar-refractivity contribution in [2.24, 2.45) is 0 Å². The van der Waals surface area contributed by atoms with Crippen LogP contribution in [0.25, 0.3) is 11.1 Å². The summed E-state index contributed by atoms with van der Waals surface area (Å²) in [6, 6.07) is 15.7. The number of carbonyl (C=O) groups is 1. The van der Waals surface area contributed by atoms with Crippen LogP contribution in [0.2, 0.25) is 0 Å². The molecule has 1 fully saturated rings. The highest BCUT2D eigenvalue weighted by Gasteiger charge is 2.25. The minimum Gasteiger partial charge on any atom is -0.497 e. The molecule has 1 aromatic heterocycles. The number of likely N-dealkylation sites (tertiary alicyclic amines) is 1. The zero-order valence-electron chi connectivity index (χ0n) is 20.7. The lowest BCUT2D eigenvalue weighted by atomic mass is 9.98. The van der Waals surface area contributed by atoms with Gasteiger partial charge in [0.1, 0.15) is 11.4 Å². The van der Waals surface area contributed by atoms with Crippen LogP contribution in [-0.4, -0.2) is 61.4 Å². The van der Waals surface area contributed by atoms with Crippen molar-refractivity contribution in [1.82, 2.24) is 15.2 Å². The Labute approximate surface area is 221 Å². The number of nitrogens with zero attached hydrogens (tertiary/aromatic N) is 2. The molecule has 190 valence electrons. The molecule has 1 aliphatic heterocycles. The first-order valence-corrected chi connectivity index (χ1v) is 13.4. The number of thiocarbonyl (C=S) groups is 1. The molecule has 0 atom stereocenters. The fourth-order valence-corrected chi connectivity index (χ4v) is 5.50. The Morgan fingerprint density at radius 3 is 2.67 bits per heavy atom. The first-order valence-electron chi connectivity index (χ1n) is 12.1. The van der Waals surface area contributed by atoms with Crippen molar-refractivity contribution in [3.63, 3.8) is 0 Å². The summed E-state index contributed by atoms with van der Waals surface area (Å²) in [6.07, 6.45) is 2.85. The number of ether oxygens (including phenoxy) is 2. The molecule has 36 heavy (non-hydrogen) atoms. The Morgan fingerprint density at radius 1 is 1.17 bits per heavy atom. The van der Waals surface area contributed by atoms with Gasteiger partial charge in [0, 0.05) is 56.3 Å². The first-order chi connectivity index (χ1) is 17.6. The van der Waals surface area contributed by atoms with Gasteiger partial charge in [-0.25, -0.2) is 4.98 Å². The van der Waals surface area contributed by atoms with Gasteiger partial charge < -0.3 is 25.0 Å². The maximum absolute atomic E-state index is 13.1. The molecule has 1 aliphatic rings. The molecule has 1 amide bonds. The van der Waals surface area contributed by atoms with Gasteiger partial charge in [0.15, 0.2) is 5.11 Å². The Kier molecular flexibility index (Phi) is 9.27. The summed E-state index contributed by atoms with van der Waals surface area (Å²) >= 11 is 7.10. The SMILES string of the molecule is COCCCNC(=S)N1CCC(c2nc(C(=O)Nc3cc(OC)ccc3-c3ccccc3)cs2)CC1. The minimum absolute atomic E-state index is 0.221. The molecular weight excluding hydrogens is 492 g/mol. The second kappa shape index (κ2) is 12.8. The van der Waals surface area contributed by atoms with Gasteiger partial charge in [-0.2, -0.15) is 0 Å². The summed E-state index contributed by atoms with van der Waals surface area (Å²) in [4.78, 5) is 20.1. The lowest BCUT2D eigenvalue weighted by Gasteiger charge is -2.33. The first kappa shape index (κ1) is 26.1. The van der Waals surface area contributed by atoms with Gasteiger partial charge in [-0.3, -0.25) is 4.79 Å². The number of hydrogen-bond donors (Lipinski definition) is 2. The third kappa shape index (κ3) is 6.60. The summed E-state index contributed by atoms with van der Waals surface area (Å²) in [7, 11) is 3.32. The van der Waals surface area contributed by atoms with Crippen molar-refractivity contribution < 1.29 is 14.3 Å². The fourth-order valence-electron chi connectivity index (χ4n) is 4.24. The molecule has 9 heteroatoms. The summed E-state index contributed by atoms with van der Waals surface area (Å²) in [5.74, 6) is 0.796. The van der Waals surface area contributed by atoms with Gasteiger partial charge in [-0.05, 0) is 49.2 Å². The van der Waals surface area contributed by atoms with E-state index < -0.39 is 0 Å². The van der Waals surface area contributed by atoms with Gasteiger partial charge in [0.2, 0.25) is 0 Å². The highest BCUT2D eigenvalue weighted by molar-refractivity contribution is 7.80. The molecular formula is C27H32N4O3S2. The predicted molar refractivity (Wildman–Crippen MR) is 149 cm³/mol. The van der Waals surface area contributed by atoms with E-state index in [9.17, 15) is 4.79 Å². The Morgan fingerprint density at radius 2 is 1.94 bits per heavy atom. The van der Waals surface area contributed by atoms with Gasteiger partial charge >= 0.3 is 0 Å². The second-order valence-electron chi connectivity index (χ2n) is 8.64. The highest BCUT2D eigenvalue weighted by Crippen LogP contribution is 2.33. The van der Waals surface area contributed by atoms with Crippen LogP contribution in [0, 0.1) is 0 Å². The number of carbonyl (C=O) groups excluding carboxylic acids is 1. The van der Waals surface area contributed by atoms with E-state index >= 15 is 0 Å². The molecule has 1 saturated heterocycles. The summed E-state index contributed by atoms with van der Waals surface area (Å²) in [6.45, 7) is 3.30. The fraction of sp³-hybridized carbons (Fsp3) is 0.370. The van der Waals surface area contributed by atoms with Crippen LogP contribution in [0.4, 0.5) is 5.69 Å². The lowest BCUT2D eigenvalue weighted by Crippen LogP contribution is -2.44. The number of methoxy groups -OCH3 is 2. The molecule has 0 radical (unpaired) electrons. The minimum atomic E-state index is -0.221.